The molecule has 0 bridgehead atoms. The Kier molecular flexibility index (Phi) is 3.63. The summed E-state index contributed by atoms with van der Waals surface area (Å²) >= 11 is 0. The van der Waals surface area contributed by atoms with Crippen LogP contribution in [0.4, 0.5) is 0 Å². The van der Waals surface area contributed by atoms with E-state index < -0.39 is 0 Å². The lowest BCUT2D eigenvalue weighted by Crippen LogP contribution is -2.05. The monoisotopic (exact) mass is 174 g/mol. The fourth-order valence-electron chi connectivity index (χ4n) is 1.11. The summed E-state index contributed by atoms with van der Waals surface area (Å²) in [6, 6.07) is 0. The summed E-state index contributed by atoms with van der Waals surface area (Å²) in [6.45, 7) is 2.33. The van der Waals surface area contributed by atoms with Crippen molar-refractivity contribution in [2.24, 2.45) is 0 Å². The van der Waals surface area contributed by atoms with Crippen molar-refractivity contribution in [3.05, 3.63) is 0 Å². The Morgan fingerprint density at radius 2 is 2.18 bits per heavy atom. The maximum absolute atomic E-state index is 10.9. The van der Waals surface area contributed by atoms with Gasteiger partial charge in [-0.1, -0.05) is 0 Å². The van der Waals surface area contributed by atoms with Gasteiger partial charge in [0.25, 0.3) is 0 Å². The van der Waals surface area contributed by atoms with Crippen LogP contribution in [0.3, 0.4) is 0 Å². The van der Waals surface area contributed by atoms with Crippen LogP contribution in [0.25, 0.3) is 0 Å². The van der Waals surface area contributed by atoms with Crippen LogP contribution in [-0.4, -0.2) is 29.4 Å². The van der Waals surface area contributed by atoms with Crippen molar-refractivity contribution in [1.29, 1.82) is 0 Å². The van der Waals surface area contributed by atoms with E-state index in [0.29, 0.717) is 6.61 Å². The molecule has 1 heterocycles. The molecule has 0 aromatic rings. The summed E-state index contributed by atoms with van der Waals surface area (Å²) in [5.74, 6) is 2.26. The first-order valence-corrected chi connectivity index (χ1v) is 5.63. The third-order valence-electron chi connectivity index (χ3n) is 1.61. The average Bonchev–Trinajstić information content (AvgIpc) is 2.40. The van der Waals surface area contributed by atoms with Crippen LogP contribution in [0.1, 0.15) is 19.8 Å². The van der Waals surface area contributed by atoms with Crippen molar-refractivity contribution < 1.29 is 9.53 Å². The van der Waals surface area contributed by atoms with Gasteiger partial charge < -0.3 is 4.74 Å². The average molecular weight is 174 g/mol. The van der Waals surface area contributed by atoms with Gasteiger partial charge in [0.15, 0.2) is 0 Å². The minimum absolute atomic E-state index is 0.127. The van der Waals surface area contributed by atoms with Gasteiger partial charge in [-0.2, -0.15) is 10.5 Å². The van der Waals surface area contributed by atoms with Gasteiger partial charge in [0, 0.05) is 5.37 Å². The number of ether oxygens (including phenoxy) is 1. The Labute approximate surface area is 69.9 Å². The van der Waals surface area contributed by atoms with Gasteiger partial charge in [-0.25, -0.2) is 4.79 Å². The molecule has 3 heteroatoms. The lowest BCUT2D eigenvalue weighted by atomic mass is 10.4. The SMILES string of the molecule is CCOC(=O)C=S1CCCC1. The molecule has 0 aromatic carbocycles. The van der Waals surface area contributed by atoms with Gasteiger partial charge >= 0.3 is 5.97 Å². The van der Waals surface area contributed by atoms with E-state index in [0.717, 1.165) is 0 Å². The summed E-state index contributed by atoms with van der Waals surface area (Å²) in [5, 5.41) is 1.76. The highest BCUT2D eigenvalue weighted by Gasteiger charge is 2.06. The molecule has 1 rings (SSSR count). The van der Waals surface area contributed by atoms with E-state index in [1.807, 2.05) is 6.92 Å². The van der Waals surface area contributed by atoms with Gasteiger partial charge in [-0.3, -0.25) is 0 Å². The van der Waals surface area contributed by atoms with Gasteiger partial charge in [-0.05, 0) is 31.3 Å². The Morgan fingerprint density at radius 3 is 2.73 bits per heavy atom. The first-order chi connectivity index (χ1) is 5.33. The number of rotatable bonds is 2. The minimum atomic E-state index is -0.127. The molecule has 2 nitrogen and oxygen atoms in total. The second-order valence-electron chi connectivity index (χ2n) is 2.52. The summed E-state index contributed by atoms with van der Waals surface area (Å²) in [7, 11) is 0.242. The molecule has 11 heavy (non-hydrogen) atoms. The molecular weight excluding hydrogens is 160 g/mol. The molecule has 0 spiro atoms. The molecule has 0 N–H and O–H groups in total. The fourth-order valence-corrected chi connectivity index (χ4v) is 3.04. The first kappa shape index (κ1) is 8.78. The van der Waals surface area contributed by atoms with E-state index in [1.165, 1.54) is 24.3 Å². The zero-order valence-electron chi connectivity index (χ0n) is 6.84. The van der Waals surface area contributed by atoms with Crippen LogP contribution in [0.15, 0.2) is 0 Å². The predicted molar refractivity (Wildman–Crippen MR) is 49.3 cm³/mol. The van der Waals surface area contributed by atoms with Gasteiger partial charge in [-0.15, -0.1) is 0 Å². The number of esters is 1. The summed E-state index contributed by atoms with van der Waals surface area (Å²) in [4.78, 5) is 10.9. The Balaban J connectivity index is 2.36. The van der Waals surface area contributed by atoms with Crippen molar-refractivity contribution in [3.8, 4) is 0 Å². The van der Waals surface area contributed by atoms with E-state index in [4.69, 9.17) is 4.74 Å². The van der Waals surface area contributed by atoms with Crippen molar-refractivity contribution in [3.63, 3.8) is 0 Å². The van der Waals surface area contributed by atoms with E-state index in [2.05, 4.69) is 0 Å². The first-order valence-electron chi connectivity index (χ1n) is 4.01. The van der Waals surface area contributed by atoms with Crippen LogP contribution in [0, 0.1) is 0 Å². The van der Waals surface area contributed by atoms with Crippen LogP contribution in [0.5, 0.6) is 0 Å². The second-order valence-corrected chi connectivity index (χ2v) is 4.65. The molecule has 0 saturated carbocycles. The molecule has 0 aliphatic carbocycles. The maximum Gasteiger partial charge on any atom is 0.336 e. The van der Waals surface area contributed by atoms with Crippen molar-refractivity contribution in [2.45, 2.75) is 19.8 Å². The lowest BCUT2D eigenvalue weighted by molar-refractivity contribution is -0.134. The molecule has 1 saturated heterocycles. The Hall–Kier alpha value is -0.310. The zero-order valence-corrected chi connectivity index (χ0v) is 7.65. The second kappa shape index (κ2) is 4.54. The standard InChI is InChI=1S/C8H14O2S/c1-2-10-8(9)7-11-5-3-4-6-11/h7H,2-6H2,1H3. The molecule has 1 aliphatic heterocycles. The summed E-state index contributed by atoms with van der Waals surface area (Å²) in [5.41, 5.74) is 0. The summed E-state index contributed by atoms with van der Waals surface area (Å²) in [6.07, 6.45) is 2.55. The molecule has 0 unspecified atom stereocenters. The topological polar surface area (TPSA) is 26.3 Å². The molecule has 1 aliphatic rings. The van der Waals surface area contributed by atoms with Gasteiger partial charge in [0.2, 0.25) is 0 Å². The lowest BCUT2D eigenvalue weighted by Gasteiger charge is -1.98. The smallest absolute Gasteiger partial charge is 0.336 e. The van der Waals surface area contributed by atoms with E-state index in [9.17, 15) is 4.79 Å². The van der Waals surface area contributed by atoms with Gasteiger partial charge in [0.1, 0.15) is 0 Å². The van der Waals surface area contributed by atoms with Crippen LogP contribution in [0.2, 0.25) is 0 Å². The van der Waals surface area contributed by atoms with Crippen molar-refractivity contribution >= 4 is 21.8 Å². The molecular formula is C8H14O2S. The highest BCUT2D eigenvalue weighted by atomic mass is 32.2. The molecule has 0 amide bonds. The highest BCUT2D eigenvalue weighted by Crippen LogP contribution is 2.23. The molecule has 1 fully saturated rings. The number of hydrogen-bond acceptors (Lipinski definition) is 2. The quantitative estimate of drug-likeness (QED) is 0.467. The third kappa shape index (κ3) is 3.06. The summed E-state index contributed by atoms with van der Waals surface area (Å²) < 4.78 is 4.82. The van der Waals surface area contributed by atoms with E-state index >= 15 is 0 Å². The molecule has 0 atom stereocenters. The highest BCUT2D eigenvalue weighted by molar-refractivity contribution is 8.16. The molecule has 64 valence electrons. The largest absolute Gasteiger partial charge is 0.462 e. The van der Waals surface area contributed by atoms with Crippen LogP contribution < -0.4 is 0 Å². The Bertz CT molecular complexity index is 167. The van der Waals surface area contributed by atoms with E-state index in [-0.39, 0.29) is 16.5 Å². The van der Waals surface area contributed by atoms with Crippen molar-refractivity contribution in [1.82, 2.24) is 0 Å². The third-order valence-corrected chi connectivity index (χ3v) is 3.76. The van der Waals surface area contributed by atoms with Gasteiger partial charge in [0.05, 0.1) is 6.61 Å². The predicted octanol–water partition coefficient (Wildman–Crippen LogP) is 1.41. The van der Waals surface area contributed by atoms with Crippen molar-refractivity contribution in [2.75, 3.05) is 18.1 Å². The molecule has 0 radical (unpaired) electrons. The van der Waals surface area contributed by atoms with Crippen LogP contribution >= 0.6 is 10.5 Å². The number of carbonyl (C=O) groups is 1. The minimum Gasteiger partial charge on any atom is -0.462 e. The van der Waals surface area contributed by atoms with E-state index in [1.54, 1.807) is 5.37 Å². The van der Waals surface area contributed by atoms with Crippen LogP contribution in [-0.2, 0) is 9.53 Å². The fraction of sp³-hybridized carbons (Fsp3) is 0.750. The zero-order chi connectivity index (χ0) is 8.10. The Morgan fingerprint density at radius 1 is 1.55 bits per heavy atom. The molecule has 0 aromatic heterocycles. The normalized spacial score (nSPS) is 18.3. The number of carbonyl (C=O) groups excluding carboxylic acids is 1. The maximum atomic E-state index is 10.9. The number of hydrogen-bond donors (Lipinski definition) is 0.